The number of ketones is 1. The Morgan fingerprint density at radius 1 is 1.00 bits per heavy atom. The predicted molar refractivity (Wildman–Crippen MR) is 133 cm³/mol. The molecule has 1 amide bonds. The van der Waals surface area contributed by atoms with Crippen molar-refractivity contribution in [3.8, 4) is 0 Å². The van der Waals surface area contributed by atoms with Crippen LogP contribution < -0.4 is 5.32 Å². The summed E-state index contributed by atoms with van der Waals surface area (Å²) in [5, 5.41) is 3.54. The van der Waals surface area contributed by atoms with Crippen molar-refractivity contribution >= 4 is 38.1 Å². The zero-order chi connectivity index (χ0) is 23.9. The highest BCUT2D eigenvalue weighted by Crippen LogP contribution is 2.38. The van der Waals surface area contributed by atoms with Crippen molar-refractivity contribution < 1.29 is 18.0 Å². The van der Waals surface area contributed by atoms with Gasteiger partial charge in [-0.3, -0.25) is 14.5 Å². The summed E-state index contributed by atoms with van der Waals surface area (Å²) in [6.45, 7) is 2.13. The van der Waals surface area contributed by atoms with Crippen LogP contribution >= 0.6 is 0 Å². The average Bonchev–Trinajstić information content (AvgIpc) is 3.61. The number of amides is 1. The van der Waals surface area contributed by atoms with E-state index in [0.717, 1.165) is 56.9 Å². The Morgan fingerprint density at radius 2 is 1.68 bits per heavy atom. The van der Waals surface area contributed by atoms with Gasteiger partial charge in [-0.1, -0.05) is 32.1 Å². The number of hydrogen-bond donors (Lipinski definition) is 2. The number of H-pyrrole nitrogens is 1. The summed E-state index contributed by atoms with van der Waals surface area (Å²) < 4.78 is 24.2. The SMILES string of the molecule is CS(=O)(=O)c1ccc2[nH]c(C(=O)C3CC3)c(NC(=O)CN3CCC(C4CCCCC4)CC3)c2c1. The highest BCUT2D eigenvalue weighted by atomic mass is 32.2. The summed E-state index contributed by atoms with van der Waals surface area (Å²) in [4.78, 5) is 31.5. The number of nitrogens with zero attached hydrogens (tertiary/aromatic N) is 1. The first-order valence-corrected chi connectivity index (χ1v) is 14.6. The number of aromatic amines is 1. The number of piperidine rings is 1. The van der Waals surface area contributed by atoms with Gasteiger partial charge in [-0.05, 0) is 68.8 Å². The van der Waals surface area contributed by atoms with Gasteiger partial charge >= 0.3 is 0 Å². The smallest absolute Gasteiger partial charge is 0.238 e. The Balaban J connectivity index is 1.30. The molecular weight excluding hydrogens is 450 g/mol. The van der Waals surface area contributed by atoms with Crippen molar-refractivity contribution in [3.63, 3.8) is 0 Å². The lowest BCUT2D eigenvalue weighted by atomic mass is 9.76. The second-order valence-electron chi connectivity index (χ2n) is 10.6. The topological polar surface area (TPSA) is 99.3 Å². The van der Waals surface area contributed by atoms with Crippen LogP contribution in [0, 0.1) is 17.8 Å². The molecule has 1 aromatic heterocycles. The number of aromatic nitrogens is 1. The van der Waals surface area contributed by atoms with Crippen LogP contribution in [0.25, 0.3) is 10.9 Å². The van der Waals surface area contributed by atoms with Gasteiger partial charge < -0.3 is 10.3 Å². The number of Topliss-reactive ketones (excluding diaryl/α,β-unsaturated/α-hetero) is 1. The molecule has 0 radical (unpaired) electrons. The number of likely N-dealkylation sites (tertiary alicyclic amines) is 1. The minimum Gasteiger partial charge on any atom is -0.350 e. The maximum Gasteiger partial charge on any atom is 0.238 e. The van der Waals surface area contributed by atoms with Crippen molar-refractivity contribution in [1.82, 2.24) is 9.88 Å². The van der Waals surface area contributed by atoms with Gasteiger partial charge in [0.15, 0.2) is 15.6 Å². The summed E-state index contributed by atoms with van der Waals surface area (Å²) >= 11 is 0. The lowest BCUT2D eigenvalue weighted by molar-refractivity contribution is -0.117. The quantitative estimate of drug-likeness (QED) is 0.567. The molecule has 3 fully saturated rings. The molecule has 0 spiro atoms. The minimum absolute atomic E-state index is 0.0132. The minimum atomic E-state index is -3.41. The van der Waals surface area contributed by atoms with E-state index < -0.39 is 9.84 Å². The monoisotopic (exact) mass is 485 g/mol. The Bertz CT molecular complexity index is 1180. The molecule has 5 rings (SSSR count). The number of hydrogen-bond acceptors (Lipinski definition) is 5. The second kappa shape index (κ2) is 9.46. The Hall–Kier alpha value is -2.19. The molecule has 34 heavy (non-hydrogen) atoms. The standard InChI is InChI=1S/C26H35N3O4S/c1-34(32,33)20-9-10-22-21(15-20)24(25(27-22)26(31)19-7-8-19)28-23(30)16-29-13-11-18(12-14-29)17-5-3-2-4-6-17/h9-10,15,17-19,27H,2-8,11-14,16H2,1H3,(H,28,30). The first-order chi connectivity index (χ1) is 16.3. The van der Waals surface area contributed by atoms with E-state index in [0.29, 0.717) is 22.3 Å². The normalized spacial score (nSPS) is 21.1. The van der Waals surface area contributed by atoms with Crippen molar-refractivity contribution in [2.45, 2.75) is 62.7 Å². The van der Waals surface area contributed by atoms with Gasteiger partial charge in [-0.25, -0.2) is 8.42 Å². The predicted octanol–water partition coefficient (Wildman–Crippen LogP) is 4.39. The number of carbonyl (C=O) groups is 2. The van der Waals surface area contributed by atoms with E-state index in [1.807, 2.05) is 0 Å². The molecule has 2 aliphatic carbocycles. The van der Waals surface area contributed by atoms with Crippen molar-refractivity contribution in [2.24, 2.45) is 17.8 Å². The fourth-order valence-electron chi connectivity index (χ4n) is 5.84. The molecule has 7 nitrogen and oxygen atoms in total. The van der Waals surface area contributed by atoms with Crippen molar-refractivity contribution in [3.05, 3.63) is 23.9 Å². The first kappa shape index (κ1) is 23.5. The van der Waals surface area contributed by atoms with Crippen LogP contribution in [0.5, 0.6) is 0 Å². The third-order valence-electron chi connectivity index (χ3n) is 7.97. The maximum absolute atomic E-state index is 13.1. The number of sulfone groups is 1. The highest BCUT2D eigenvalue weighted by Gasteiger charge is 2.34. The van der Waals surface area contributed by atoms with Gasteiger partial charge in [0.05, 0.1) is 17.1 Å². The molecule has 2 N–H and O–H groups in total. The Labute approximate surface area is 201 Å². The lowest BCUT2D eigenvalue weighted by Crippen LogP contribution is -2.41. The summed E-state index contributed by atoms with van der Waals surface area (Å²) in [5.74, 6) is 1.45. The van der Waals surface area contributed by atoms with E-state index >= 15 is 0 Å². The first-order valence-electron chi connectivity index (χ1n) is 12.7. The molecule has 2 aromatic rings. The highest BCUT2D eigenvalue weighted by molar-refractivity contribution is 7.90. The van der Waals surface area contributed by atoms with Gasteiger partial charge in [0.25, 0.3) is 0 Å². The van der Waals surface area contributed by atoms with Gasteiger partial charge in [0.1, 0.15) is 5.69 Å². The number of carbonyl (C=O) groups excluding carboxylic acids is 2. The molecule has 0 atom stereocenters. The average molecular weight is 486 g/mol. The summed E-state index contributed by atoms with van der Waals surface area (Å²) in [7, 11) is -3.41. The third-order valence-corrected chi connectivity index (χ3v) is 9.08. The number of rotatable bonds is 7. The number of nitrogens with one attached hydrogen (secondary N) is 2. The Morgan fingerprint density at radius 3 is 2.32 bits per heavy atom. The second-order valence-corrected chi connectivity index (χ2v) is 12.6. The summed E-state index contributed by atoms with van der Waals surface area (Å²) in [6, 6.07) is 4.75. The van der Waals surface area contributed by atoms with Crippen LogP contribution in [0.2, 0.25) is 0 Å². The number of benzene rings is 1. The molecule has 3 aliphatic rings. The third kappa shape index (κ3) is 5.08. The van der Waals surface area contributed by atoms with Crippen LogP contribution in [0.15, 0.2) is 23.1 Å². The van der Waals surface area contributed by atoms with Gasteiger partial charge in [0, 0.05) is 23.1 Å². The lowest BCUT2D eigenvalue weighted by Gasteiger charge is -2.37. The fourth-order valence-corrected chi connectivity index (χ4v) is 6.48. The fraction of sp³-hybridized carbons (Fsp3) is 0.615. The van der Waals surface area contributed by atoms with E-state index in [-0.39, 0.29) is 29.0 Å². The molecule has 0 unspecified atom stereocenters. The molecular formula is C26H35N3O4S. The zero-order valence-corrected chi connectivity index (χ0v) is 20.8. The largest absolute Gasteiger partial charge is 0.350 e. The van der Waals surface area contributed by atoms with Crippen molar-refractivity contribution in [1.29, 1.82) is 0 Å². The van der Waals surface area contributed by atoms with Gasteiger partial charge in [-0.2, -0.15) is 0 Å². The molecule has 8 heteroatoms. The maximum atomic E-state index is 13.1. The number of anilines is 1. The van der Waals surface area contributed by atoms with E-state index in [2.05, 4.69) is 15.2 Å². The molecule has 2 heterocycles. The van der Waals surface area contributed by atoms with E-state index in [9.17, 15) is 18.0 Å². The van der Waals surface area contributed by atoms with Crippen LogP contribution in [-0.2, 0) is 14.6 Å². The molecule has 1 aliphatic heterocycles. The van der Waals surface area contributed by atoms with E-state index in [1.54, 1.807) is 12.1 Å². The summed E-state index contributed by atoms with van der Waals surface area (Å²) in [5.41, 5.74) is 1.45. The molecule has 0 bridgehead atoms. The molecule has 184 valence electrons. The van der Waals surface area contributed by atoms with Crippen LogP contribution in [0.3, 0.4) is 0 Å². The Kier molecular flexibility index (Phi) is 6.55. The van der Waals surface area contributed by atoms with Crippen LogP contribution in [0.1, 0.15) is 68.3 Å². The van der Waals surface area contributed by atoms with E-state index in [4.69, 9.17) is 0 Å². The van der Waals surface area contributed by atoms with Gasteiger partial charge in [0.2, 0.25) is 5.91 Å². The van der Waals surface area contributed by atoms with Gasteiger partial charge in [-0.15, -0.1) is 0 Å². The van der Waals surface area contributed by atoms with Crippen molar-refractivity contribution in [2.75, 3.05) is 31.2 Å². The van der Waals surface area contributed by atoms with Crippen LogP contribution in [-0.4, -0.2) is 55.9 Å². The van der Waals surface area contributed by atoms with Crippen LogP contribution in [0.4, 0.5) is 5.69 Å². The molecule has 1 aromatic carbocycles. The molecule has 2 saturated carbocycles. The zero-order valence-electron chi connectivity index (χ0n) is 19.9. The molecule has 1 saturated heterocycles. The summed E-state index contributed by atoms with van der Waals surface area (Å²) in [6.07, 6.45) is 12.0. The van der Waals surface area contributed by atoms with E-state index in [1.165, 1.54) is 38.2 Å². The number of fused-ring (bicyclic) bond motifs is 1.